The van der Waals surface area contributed by atoms with Crippen LogP contribution in [0.4, 0.5) is 0 Å². The van der Waals surface area contributed by atoms with E-state index in [1.165, 1.54) is 4.90 Å². The molecule has 0 spiro atoms. The number of carbonyl (C=O) groups is 2. The van der Waals surface area contributed by atoms with Crippen molar-refractivity contribution in [3.05, 3.63) is 95.1 Å². The van der Waals surface area contributed by atoms with E-state index in [0.29, 0.717) is 35.0 Å². The van der Waals surface area contributed by atoms with Crippen molar-refractivity contribution in [2.45, 2.75) is 45.9 Å². The van der Waals surface area contributed by atoms with Crippen molar-refractivity contribution in [2.24, 2.45) is 0 Å². The number of carbonyl (C=O) groups excluding carboxylic acids is 2. The van der Waals surface area contributed by atoms with Gasteiger partial charge in [-0.2, -0.15) is 0 Å². The van der Waals surface area contributed by atoms with Gasteiger partial charge in [-0.3, -0.25) is 9.59 Å². The number of nitrogens with zero attached hydrogens (tertiary/aromatic N) is 1. The Balaban J connectivity index is 1.80. The van der Waals surface area contributed by atoms with Crippen molar-refractivity contribution >= 4 is 17.4 Å². The Hall–Kier alpha value is -4.26. The number of ether oxygens (including phenoxy) is 3. The highest BCUT2D eigenvalue weighted by Gasteiger charge is 2.46. The highest BCUT2D eigenvalue weighted by molar-refractivity contribution is 6.46. The van der Waals surface area contributed by atoms with E-state index >= 15 is 0 Å². The van der Waals surface area contributed by atoms with Crippen LogP contribution in [0.1, 0.15) is 49.9 Å². The third kappa shape index (κ3) is 5.83. The number of methoxy groups -OCH3 is 1. The monoisotopic (exact) mass is 515 g/mol. The lowest BCUT2D eigenvalue weighted by molar-refractivity contribution is -0.140. The largest absolute Gasteiger partial charge is 0.507 e. The molecule has 0 radical (unpaired) electrons. The van der Waals surface area contributed by atoms with E-state index in [-0.39, 0.29) is 24.0 Å². The molecule has 7 nitrogen and oxygen atoms in total. The van der Waals surface area contributed by atoms with Gasteiger partial charge in [-0.1, -0.05) is 43.3 Å². The minimum atomic E-state index is -0.797. The van der Waals surface area contributed by atoms with Gasteiger partial charge in [-0.05, 0) is 67.8 Å². The van der Waals surface area contributed by atoms with Crippen LogP contribution < -0.4 is 14.2 Å². The lowest BCUT2D eigenvalue weighted by atomic mass is 9.95. The first kappa shape index (κ1) is 26.8. The number of hydrogen-bond acceptors (Lipinski definition) is 6. The summed E-state index contributed by atoms with van der Waals surface area (Å²) in [6.07, 6.45) is 0.837. The molecule has 0 aliphatic carbocycles. The van der Waals surface area contributed by atoms with Crippen LogP contribution in [0.25, 0.3) is 5.76 Å². The Morgan fingerprint density at radius 2 is 1.66 bits per heavy atom. The second-order valence-corrected chi connectivity index (χ2v) is 9.39. The molecular formula is C31H33NO6. The molecule has 1 amide bonds. The standard InChI is InChI=1S/C31H33NO6/c1-5-16-37-26-11-7-9-23(18-26)29(33)27-28(22-12-14-24(15-13-22)38-20(2)3)32(31(35)30(27)34)19-21-8-6-10-25(17-21)36-4/h6-15,17-18,20,28,33H,5,16,19H2,1-4H3/b29-27-. The quantitative estimate of drug-likeness (QED) is 0.206. The number of aliphatic hydroxyl groups excluding tert-OH is 1. The van der Waals surface area contributed by atoms with Gasteiger partial charge in [-0.25, -0.2) is 0 Å². The molecule has 1 aliphatic heterocycles. The van der Waals surface area contributed by atoms with Gasteiger partial charge in [0.05, 0.1) is 31.4 Å². The molecule has 1 N–H and O–H groups in total. The zero-order valence-electron chi connectivity index (χ0n) is 22.1. The van der Waals surface area contributed by atoms with Gasteiger partial charge in [0.1, 0.15) is 23.0 Å². The van der Waals surface area contributed by atoms with Crippen molar-refractivity contribution in [1.82, 2.24) is 4.90 Å². The van der Waals surface area contributed by atoms with E-state index in [1.54, 1.807) is 43.5 Å². The summed E-state index contributed by atoms with van der Waals surface area (Å²) in [6.45, 7) is 6.57. The number of hydrogen-bond donors (Lipinski definition) is 1. The summed E-state index contributed by atoms with van der Waals surface area (Å²) in [5, 5.41) is 11.4. The van der Waals surface area contributed by atoms with E-state index in [0.717, 1.165) is 12.0 Å². The highest BCUT2D eigenvalue weighted by atomic mass is 16.5. The smallest absolute Gasteiger partial charge is 0.295 e. The Kier molecular flexibility index (Phi) is 8.36. The average molecular weight is 516 g/mol. The first-order chi connectivity index (χ1) is 18.3. The van der Waals surface area contributed by atoms with E-state index in [4.69, 9.17) is 14.2 Å². The second-order valence-electron chi connectivity index (χ2n) is 9.39. The minimum Gasteiger partial charge on any atom is -0.507 e. The molecule has 4 rings (SSSR count). The molecule has 1 unspecified atom stereocenters. The van der Waals surface area contributed by atoms with Crippen molar-refractivity contribution < 1.29 is 28.9 Å². The van der Waals surface area contributed by atoms with Gasteiger partial charge in [0, 0.05) is 12.1 Å². The summed E-state index contributed by atoms with van der Waals surface area (Å²) in [4.78, 5) is 28.3. The lowest BCUT2D eigenvalue weighted by Gasteiger charge is -2.26. The summed E-state index contributed by atoms with van der Waals surface area (Å²) in [5.41, 5.74) is 1.92. The number of likely N-dealkylation sites (tertiary alicyclic amines) is 1. The zero-order chi connectivity index (χ0) is 27.2. The first-order valence-corrected chi connectivity index (χ1v) is 12.7. The Labute approximate surface area is 223 Å². The van der Waals surface area contributed by atoms with Gasteiger partial charge >= 0.3 is 0 Å². The number of ketones is 1. The molecule has 1 aliphatic rings. The number of aliphatic hydroxyl groups is 1. The van der Waals surface area contributed by atoms with Gasteiger partial charge in [-0.15, -0.1) is 0 Å². The van der Waals surface area contributed by atoms with Crippen molar-refractivity contribution in [3.8, 4) is 17.2 Å². The molecule has 198 valence electrons. The Morgan fingerprint density at radius 1 is 0.947 bits per heavy atom. The SMILES string of the molecule is CCCOc1cccc(/C(O)=C2/C(=O)C(=O)N(Cc3cccc(OC)c3)C2c2ccc(OC(C)C)cc2)c1. The fourth-order valence-corrected chi connectivity index (χ4v) is 4.47. The van der Waals surface area contributed by atoms with E-state index in [1.807, 2.05) is 57.2 Å². The van der Waals surface area contributed by atoms with Crippen LogP contribution >= 0.6 is 0 Å². The lowest BCUT2D eigenvalue weighted by Crippen LogP contribution is -2.29. The predicted octanol–water partition coefficient (Wildman–Crippen LogP) is 5.89. The van der Waals surface area contributed by atoms with Crippen LogP contribution in [0.2, 0.25) is 0 Å². The van der Waals surface area contributed by atoms with Gasteiger partial charge in [0.15, 0.2) is 0 Å². The topological polar surface area (TPSA) is 85.3 Å². The third-order valence-electron chi connectivity index (χ3n) is 6.17. The predicted molar refractivity (Wildman–Crippen MR) is 145 cm³/mol. The van der Waals surface area contributed by atoms with Crippen LogP contribution in [0, 0.1) is 0 Å². The van der Waals surface area contributed by atoms with Crippen LogP contribution in [-0.4, -0.2) is 41.5 Å². The van der Waals surface area contributed by atoms with Gasteiger partial charge in [0.2, 0.25) is 0 Å². The molecule has 3 aromatic rings. The zero-order valence-corrected chi connectivity index (χ0v) is 22.1. The molecule has 1 atom stereocenters. The van der Waals surface area contributed by atoms with Crippen molar-refractivity contribution in [2.75, 3.05) is 13.7 Å². The molecule has 1 saturated heterocycles. The minimum absolute atomic E-state index is 0.00162. The number of amides is 1. The van der Waals surface area contributed by atoms with Gasteiger partial charge in [0.25, 0.3) is 11.7 Å². The summed E-state index contributed by atoms with van der Waals surface area (Å²) >= 11 is 0. The fourth-order valence-electron chi connectivity index (χ4n) is 4.47. The molecule has 0 saturated carbocycles. The second kappa shape index (κ2) is 11.9. The summed E-state index contributed by atoms with van der Waals surface area (Å²) in [5.74, 6) is 0.237. The number of benzene rings is 3. The highest BCUT2D eigenvalue weighted by Crippen LogP contribution is 2.41. The van der Waals surface area contributed by atoms with Crippen LogP contribution in [-0.2, 0) is 16.1 Å². The number of Topliss-reactive ketones (excluding diaryl/α,β-unsaturated/α-hetero) is 1. The molecule has 38 heavy (non-hydrogen) atoms. The molecule has 3 aromatic carbocycles. The van der Waals surface area contributed by atoms with Crippen molar-refractivity contribution in [3.63, 3.8) is 0 Å². The van der Waals surface area contributed by atoms with Crippen LogP contribution in [0.3, 0.4) is 0 Å². The maximum atomic E-state index is 13.4. The third-order valence-corrected chi connectivity index (χ3v) is 6.17. The Morgan fingerprint density at radius 3 is 2.34 bits per heavy atom. The van der Waals surface area contributed by atoms with Gasteiger partial charge < -0.3 is 24.2 Å². The molecule has 1 fully saturated rings. The summed E-state index contributed by atoms with van der Waals surface area (Å²) in [7, 11) is 1.57. The maximum Gasteiger partial charge on any atom is 0.295 e. The fraction of sp³-hybridized carbons (Fsp3) is 0.290. The van der Waals surface area contributed by atoms with E-state index in [9.17, 15) is 14.7 Å². The van der Waals surface area contributed by atoms with E-state index in [2.05, 4.69) is 0 Å². The molecule has 7 heteroatoms. The first-order valence-electron chi connectivity index (χ1n) is 12.7. The average Bonchev–Trinajstić information content (AvgIpc) is 3.16. The normalized spacial score (nSPS) is 16.7. The molecule has 0 aromatic heterocycles. The number of rotatable bonds is 10. The van der Waals surface area contributed by atoms with Crippen LogP contribution in [0.5, 0.6) is 17.2 Å². The van der Waals surface area contributed by atoms with Crippen molar-refractivity contribution in [1.29, 1.82) is 0 Å². The molecule has 0 bridgehead atoms. The van der Waals surface area contributed by atoms with E-state index < -0.39 is 17.7 Å². The molecular weight excluding hydrogens is 482 g/mol. The summed E-state index contributed by atoms with van der Waals surface area (Å²) < 4.78 is 16.8. The van der Waals surface area contributed by atoms with Crippen LogP contribution in [0.15, 0.2) is 78.4 Å². The maximum absolute atomic E-state index is 13.4. The summed E-state index contributed by atoms with van der Waals surface area (Å²) in [6, 6.07) is 20.7. The Bertz CT molecular complexity index is 1330. The molecule has 1 heterocycles.